The molecule has 0 atom stereocenters. The number of hydrazone groups is 2. The molecule has 378 valence electrons. The maximum atomic E-state index is 5.94. The number of ether oxygens (including phenoxy) is 4. The van der Waals surface area contributed by atoms with E-state index in [0.29, 0.717) is 23.0 Å². The van der Waals surface area contributed by atoms with E-state index in [1.54, 1.807) is 48.5 Å². The van der Waals surface area contributed by atoms with Crippen LogP contribution in [0, 0.1) is 23.7 Å². The Morgan fingerprint density at radius 2 is 0.603 bits per heavy atom. The normalized spacial score (nSPS) is 10.8. The molecule has 2 heterocycles. The minimum Gasteiger partial charge on any atom is -0.424 e. The van der Waals surface area contributed by atoms with Gasteiger partial charge in [0.1, 0.15) is 23.0 Å². The van der Waals surface area contributed by atoms with Crippen molar-refractivity contribution in [3.8, 4) is 81.8 Å². The first kappa shape index (κ1) is 49.8. The molecular weight excluding hydrogens is 981 g/mol. The van der Waals surface area contributed by atoms with Gasteiger partial charge in [-0.15, -0.1) is 20.2 Å². The molecule has 0 unspecified atom stereocenters. The zero-order chi connectivity index (χ0) is 52.8. The number of rotatable bonds is 17. The third-order valence-electron chi connectivity index (χ3n) is 10.5. The fourth-order valence-corrected chi connectivity index (χ4v) is 6.78. The first-order valence-corrected chi connectivity index (χ1v) is 24.1. The summed E-state index contributed by atoms with van der Waals surface area (Å²) < 4.78 is 23.8. The summed E-state index contributed by atoms with van der Waals surface area (Å²) in [6.07, 6.45) is 0. The molecule has 0 fully saturated rings. The Labute approximate surface area is 448 Å². The van der Waals surface area contributed by atoms with Crippen molar-refractivity contribution in [2.75, 3.05) is 21.7 Å². The molecule has 0 saturated heterocycles. The fourth-order valence-electron chi connectivity index (χ4n) is 6.78. The van der Waals surface area contributed by atoms with E-state index in [1.807, 2.05) is 182 Å². The standard InChI is InChI=1S/C60H44N14O4/c1-7-19-43(20-8-1)31-41-53(71-73-55-61-57(75-49-23-11-3-12-24-49)65-58(62-55)76-50-25-13-4-14-26-50)69-67-47-37-33-45(34-38-47)46-35-39-48(40-36-46)68-70-54(42-32-44-21-9-2-10-22-44)72-74-56-63-59(77-51-27-15-5-16-28-51)66-60(64-56)78-52-29-17-6-18-30-52/h1-30,33-40,67-68H,(H,69,71)(H,70,72)(H,61,62,65,73)(H,63,64,66,74). The predicted octanol–water partition coefficient (Wildman–Crippen LogP) is 11.7. The molecule has 10 aromatic rings. The highest BCUT2D eigenvalue weighted by molar-refractivity contribution is 6.00. The highest BCUT2D eigenvalue weighted by atomic mass is 16.5. The van der Waals surface area contributed by atoms with Crippen molar-refractivity contribution in [1.29, 1.82) is 0 Å². The number of benzene rings is 8. The summed E-state index contributed by atoms with van der Waals surface area (Å²) in [5.41, 5.74) is 23.4. The third-order valence-corrected chi connectivity index (χ3v) is 10.5. The largest absolute Gasteiger partial charge is 0.424 e. The summed E-state index contributed by atoms with van der Waals surface area (Å²) in [7, 11) is 0. The van der Waals surface area contributed by atoms with Crippen molar-refractivity contribution < 1.29 is 18.9 Å². The number of nitrogens with zero attached hydrogens (tertiary/aromatic N) is 8. The van der Waals surface area contributed by atoms with Crippen LogP contribution in [0.1, 0.15) is 11.1 Å². The minimum atomic E-state index is -0.00464. The molecule has 0 aliphatic heterocycles. The van der Waals surface area contributed by atoms with Crippen LogP contribution in [0.2, 0.25) is 0 Å². The minimum absolute atomic E-state index is 0.00464. The number of hydrogen-bond acceptors (Lipinski definition) is 16. The molecule has 0 amide bonds. The summed E-state index contributed by atoms with van der Waals surface area (Å²) in [4.78, 5) is 26.4. The van der Waals surface area contributed by atoms with Gasteiger partial charge in [-0.05, 0) is 120 Å². The number of aromatic nitrogens is 6. The van der Waals surface area contributed by atoms with E-state index in [9.17, 15) is 0 Å². The van der Waals surface area contributed by atoms with E-state index >= 15 is 0 Å². The number of hydrazine groups is 2. The van der Waals surface area contributed by atoms with E-state index in [1.165, 1.54) is 0 Å². The van der Waals surface area contributed by atoms with Crippen LogP contribution in [0.5, 0.6) is 47.0 Å². The number of anilines is 4. The van der Waals surface area contributed by atoms with Crippen LogP contribution in [0.15, 0.2) is 241 Å². The quantitative estimate of drug-likeness (QED) is 0.0217. The monoisotopic (exact) mass is 1020 g/mol. The fraction of sp³-hybridized carbons (Fsp3) is 0. The van der Waals surface area contributed by atoms with Gasteiger partial charge in [-0.2, -0.15) is 19.9 Å². The van der Waals surface area contributed by atoms with E-state index in [-0.39, 0.29) is 47.6 Å². The average Bonchev–Trinajstić information content (AvgIpc) is 3.49. The van der Waals surface area contributed by atoms with Crippen LogP contribution in [0.4, 0.5) is 23.3 Å². The van der Waals surface area contributed by atoms with Gasteiger partial charge in [0, 0.05) is 11.1 Å². The molecule has 0 aliphatic carbocycles. The van der Waals surface area contributed by atoms with Crippen LogP contribution >= 0.6 is 0 Å². The molecule has 0 aliphatic rings. The summed E-state index contributed by atoms with van der Waals surface area (Å²) in [6.45, 7) is 0. The van der Waals surface area contributed by atoms with Crippen molar-refractivity contribution in [2.24, 2.45) is 10.2 Å². The molecule has 0 bridgehead atoms. The molecule has 0 spiro atoms. The first-order chi connectivity index (χ1) is 38.6. The number of para-hydroxylation sites is 4. The Morgan fingerprint density at radius 1 is 0.321 bits per heavy atom. The van der Waals surface area contributed by atoms with Crippen LogP contribution in [-0.4, -0.2) is 41.6 Å². The van der Waals surface area contributed by atoms with Crippen LogP contribution in [0.3, 0.4) is 0 Å². The Hall–Kier alpha value is -11.8. The van der Waals surface area contributed by atoms with Crippen molar-refractivity contribution in [3.05, 3.63) is 242 Å². The molecule has 6 N–H and O–H groups in total. The van der Waals surface area contributed by atoms with Gasteiger partial charge in [-0.1, -0.05) is 145 Å². The van der Waals surface area contributed by atoms with E-state index in [0.717, 1.165) is 33.6 Å². The first-order valence-electron chi connectivity index (χ1n) is 24.1. The topological polar surface area (TPSA) is 211 Å². The number of amidine groups is 2. The second-order valence-corrected chi connectivity index (χ2v) is 16.1. The lowest BCUT2D eigenvalue weighted by Crippen LogP contribution is -2.29. The Bertz CT molecular complexity index is 3360. The molecule has 0 radical (unpaired) electrons. The van der Waals surface area contributed by atoms with Gasteiger partial charge < -0.3 is 18.9 Å². The van der Waals surface area contributed by atoms with Crippen molar-refractivity contribution in [2.45, 2.75) is 0 Å². The van der Waals surface area contributed by atoms with Gasteiger partial charge in [0.25, 0.3) is 11.9 Å². The van der Waals surface area contributed by atoms with Gasteiger partial charge in [0.2, 0.25) is 11.7 Å². The predicted molar refractivity (Wildman–Crippen MR) is 300 cm³/mol. The molecule has 10 rings (SSSR count). The molecule has 18 nitrogen and oxygen atoms in total. The molecule has 8 aromatic carbocycles. The van der Waals surface area contributed by atoms with E-state index in [2.05, 4.69) is 96.3 Å². The van der Waals surface area contributed by atoms with Crippen molar-refractivity contribution in [3.63, 3.8) is 0 Å². The van der Waals surface area contributed by atoms with Crippen LogP contribution < -0.4 is 51.5 Å². The van der Waals surface area contributed by atoms with Gasteiger partial charge in [-0.25, -0.2) is 10.9 Å². The second-order valence-electron chi connectivity index (χ2n) is 16.1. The Morgan fingerprint density at radius 3 is 0.897 bits per heavy atom. The van der Waals surface area contributed by atoms with E-state index in [4.69, 9.17) is 18.9 Å². The van der Waals surface area contributed by atoms with E-state index < -0.39 is 0 Å². The summed E-state index contributed by atoms with van der Waals surface area (Å²) in [5, 5.41) is 9.02. The maximum Gasteiger partial charge on any atom is 0.330 e. The molecule has 78 heavy (non-hydrogen) atoms. The van der Waals surface area contributed by atoms with Crippen molar-refractivity contribution in [1.82, 2.24) is 40.8 Å². The summed E-state index contributed by atoms with van der Waals surface area (Å²) >= 11 is 0. The molecule has 18 heteroatoms. The zero-order valence-electron chi connectivity index (χ0n) is 41.2. The van der Waals surface area contributed by atoms with Crippen molar-refractivity contribution >= 4 is 34.9 Å². The van der Waals surface area contributed by atoms with Gasteiger partial charge in [0.15, 0.2) is 0 Å². The second kappa shape index (κ2) is 25.8. The lowest BCUT2D eigenvalue weighted by Gasteiger charge is -2.12. The van der Waals surface area contributed by atoms with Gasteiger partial charge >= 0.3 is 24.0 Å². The highest BCUT2D eigenvalue weighted by Gasteiger charge is 2.14. The lowest BCUT2D eigenvalue weighted by atomic mass is 10.1. The number of nitrogens with one attached hydrogen (secondary N) is 6. The van der Waals surface area contributed by atoms with Crippen LogP contribution in [-0.2, 0) is 0 Å². The summed E-state index contributed by atoms with van der Waals surface area (Å²) in [6, 6.07) is 71.3. The smallest absolute Gasteiger partial charge is 0.330 e. The number of hydrogen-bond donors (Lipinski definition) is 6. The average molecular weight is 1030 g/mol. The third kappa shape index (κ3) is 15.1. The van der Waals surface area contributed by atoms with Gasteiger partial charge in [-0.3, -0.25) is 21.7 Å². The Kier molecular flexibility index (Phi) is 16.4. The SMILES string of the molecule is C(#Cc1ccccc1)C(=NNc1nc(Oc2ccccc2)nc(Oc2ccccc2)n1)NNc1ccc(-c2ccc(NNC(C#Cc3ccccc3)=NNc3nc(Oc4ccccc4)nc(Oc4ccccc4)n3)cc2)cc1. The Balaban J connectivity index is 0.814. The zero-order valence-corrected chi connectivity index (χ0v) is 41.2. The lowest BCUT2D eigenvalue weighted by molar-refractivity contribution is 0.398. The molecule has 0 saturated carbocycles. The maximum absolute atomic E-state index is 5.94. The highest BCUT2D eigenvalue weighted by Crippen LogP contribution is 2.27. The van der Waals surface area contributed by atoms with Crippen LogP contribution in [0.25, 0.3) is 11.1 Å². The summed E-state index contributed by atoms with van der Waals surface area (Å²) in [5.74, 6) is 15.1. The van der Waals surface area contributed by atoms with Gasteiger partial charge in [0.05, 0.1) is 11.4 Å². The molecule has 2 aromatic heterocycles. The molecular formula is C60H44N14O4.